The number of hydrogen-bond donors (Lipinski definition) is 1. The summed E-state index contributed by atoms with van der Waals surface area (Å²) in [6, 6.07) is 6.71. The summed E-state index contributed by atoms with van der Waals surface area (Å²) < 4.78 is 1.69. The molecule has 6 heteroatoms. The first-order chi connectivity index (χ1) is 9.61. The van der Waals surface area contributed by atoms with Crippen LogP contribution < -0.4 is 5.32 Å². The molecule has 0 bridgehead atoms. The van der Waals surface area contributed by atoms with Gasteiger partial charge in [0.05, 0.1) is 16.3 Å². The topological polar surface area (TPSA) is 73.0 Å². The Morgan fingerprint density at radius 1 is 1.40 bits per heavy atom. The van der Waals surface area contributed by atoms with E-state index in [1.165, 1.54) is 6.07 Å². The minimum atomic E-state index is -0.393. The van der Waals surface area contributed by atoms with Gasteiger partial charge in [0.15, 0.2) is 0 Å². The van der Waals surface area contributed by atoms with E-state index in [-0.39, 0.29) is 5.69 Å². The van der Waals surface area contributed by atoms with Gasteiger partial charge in [-0.05, 0) is 31.5 Å². The molecule has 0 radical (unpaired) electrons. The van der Waals surface area contributed by atoms with Crippen LogP contribution in [0, 0.1) is 17.0 Å². The van der Waals surface area contributed by atoms with Gasteiger partial charge in [0, 0.05) is 24.9 Å². The van der Waals surface area contributed by atoms with Gasteiger partial charge in [-0.3, -0.25) is 10.1 Å². The van der Waals surface area contributed by atoms with Gasteiger partial charge in [-0.15, -0.1) is 0 Å². The molecule has 0 saturated heterocycles. The lowest BCUT2D eigenvalue weighted by atomic mass is 10.2. The summed E-state index contributed by atoms with van der Waals surface area (Å²) in [6.07, 6.45) is 2.90. The van der Waals surface area contributed by atoms with Crippen LogP contribution in [0.15, 0.2) is 30.5 Å². The highest BCUT2D eigenvalue weighted by Gasteiger charge is 2.11. The van der Waals surface area contributed by atoms with Crippen LogP contribution in [-0.2, 0) is 6.54 Å². The van der Waals surface area contributed by atoms with E-state index >= 15 is 0 Å². The Bertz CT molecular complexity index is 607. The van der Waals surface area contributed by atoms with Crippen molar-refractivity contribution >= 4 is 5.69 Å². The Kier molecular flexibility index (Phi) is 4.47. The van der Waals surface area contributed by atoms with Gasteiger partial charge in [0.1, 0.15) is 0 Å². The first kappa shape index (κ1) is 14.2. The molecule has 6 nitrogen and oxygen atoms in total. The second-order valence-corrected chi connectivity index (χ2v) is 4.66. The fourth-order valence-electron chi connectivity index (χ4n) is 1.94. The zero-order valence-electron chi connectivity index (χ0n) is 11.7. The monoisotopic (exact) mass is 274 g/mol. The first-order valence-electron chi connectivity index (χ1n) is 6.62. The summed E-state index contributed by atoms with van der Waals surface area (Å²) >= 11 is 0. The lowest BCUT2D eigenvalue weighted by Crippen LogP contribution is -2.14. The number of rotatable bonds is 6. The third-order valence-electron chi connectivity index (χ3n) is 3.03. The van der Waals surface area contributed by atoms with Crippen molar-refractivity contribution in [3.8, 4) is 5.69 Å². The zero-order valence-corrected chi connectivity index (χ0v) is 11.7. The van der Waals surface area contributed by atoms with E-state index in [4.69, 9.17) is 0 Å². The standard InChI is InChI=1S/C14H18N4O2/c1-3-7-15-10-12-6-8-17(16-12)14-9-13(18(19)20)5-4-11(14)2/h4-6,8-9,15H,3,7,10H2,1-2H3. The van der Waals surface area contributed by atoms with E-state index in [0.29, 0.717) is 6.54 Å². The molecule has 1 aromatic heterocycles. The van der Waals surface area contributed by atoms with Crippen LogP contribution in [0.4, 0.5) is 5.69 Å². The van der Waals surface area contributed by atoms with Crippen molar-refractivity contribution in [3.63, 3.8) is 0 Å². The second-order valence-electron chi connectivity index (χ2n) is 4.66. The third kappa shape index (κ3) is 3.21. The molecule has 0 atom stereocenters. The van der Waals surface area contributed by atoms with Crippen LogP contribution in [0.1, 0.15) is 24.6 Å². The molecule has 0 unspecified atom stereocenters. The fraction of sp³-hybridized carbons (Fsp3) is 0.357. The molecule has 0 aliphatic rings. The highest BCUT2D eigenvalue weighted by Crippen LogP contribution is 2.20. The fourth-order valence-corrected chi connectivity index (χ4v) is 1.94. The SMILES string of the molecule is CCCNCc1ccn(-c2cc([N+](=O)[O-])ccc2C)n1. The summed E-state index contributed by atoms with van der Waals surface area (Å²) in [6.45, 7) is 5.67. The molecule has 106 valence electrons. The number of non-ortho nitro benzene ring substituents is 1. The van der Waals surface area contributed by atoms with Crippen molar-refractivity contribution in [1.82, 2.24) is 15.1 Å². The van der Waals surface area contributed by atoms with Gasteiger partial charge in [0.2, 0.25) is 0 Å². The molecule has 0 aliphatic heterocycles. The molecule has 1 N–H and O–H groups in total. The minimum absolute atomic E-state index is 0.0757. The molecule has 0 fully saturated rings. The van der Waals surface area contributed by atoms with E-state index in [9.17, 15) is 10.1 Å². The predicted molar refractivity (Wildman–Crippen MR) is 77.0 cm³/mol. The number of nitrogens with zero attached hydrogens (tertiary/aromatic N) is 3. The van der Waals surface area contributed by atoms with Crippen molar-refractivity contribution in [2.75, 3.05) is 6.54 Å². The van der Waals surface area contributed by atoms with Crippen LogP contribution in [0.5, 0.6) is 0 Å². The molecular weight excluding hydrogens is 256 g/mol. The number of hydrogen-bond acceptors (Lipinski definition) is 4. The first-order valence-corrected chi connectivity index (χ1v) is 6.62. The van der Waals surface area contributed by atoms with E-state index in [0.717, 1.165) is 29.9 Å². The normalized spacial score (nSPS) is 10.7. The molecular formula is C14H18N4O2. The minimum Gasteiger partial charge on any atom is -0.311 e. The Hall–Kier alpha value is -2.21. The Morgan fingerprint density at radius 3 is 2.90 bits per heavy atom. The lowest BCUT2D eigenvalue weighted by Gasteiger charge is -2.05. The lowest BCUT2D eigenvalue weighted by molar-refractivity contribution is -0.384. The van der Waals surface area contributed by atoms with Crippen LogP contribution in [-0.4, -0.2) is 21.2 Å². The van der Waals surface area contributed by atoms with Gasteiger partial charge in [0.25, 0.3) is 5.69 Å². The third-order valence-corrected chi connectivity index (χ3v) is 3.03. The summed E-state index contributed by atoms with van der Waals surface area (Å²) in [4.78, 5) is 10.4. The van der Waals surface area contributed by atoms with Crippen LogP contribution >= 0.6 is 0 Å². The quantitative estimate of drug-likeness (QED) is 0.499. The zero-order chi connectivity index (χ0) is 14.5. The van der Waals surface area contributed by atoms with Crippen LogP contribution in [0.3, 0.4) is 0 Å². The van der Waals surface area contributed by atoms with Crippen molar-refractivity contribution in [3.05, 3.63) is 51.8 Å². The number of nitrogens with one attached hydrogen (secondary N) is 1. The van der Waals surface area contributed by atoms with Crippen molar-refractivity contribution in [2.24, 2.45) is 0 Å². The van der Waals surface area contributed by atoms with Gasteiger partial charge in [-0.2, -0.15) is 5.10 Å². The van der Waals surface area contributed by atoms with Crippen molar-refractivity contribution < 1.29 is 4.92 Å². The molecule has 2 aromatic rings. The number of nitro groups is 1. The number of aromatic nitrogens is 2. The number of aryl methyl sites for hydroxylation is 1. The maximum Gasteiger partial charge on any atom is 0.271 e. The highest BCUT2D eigenvalue weighted by atomic mass is 16.6. The van der Waals surface area contributed by atoms with Gasteiger partial charge < -0.3 is 5.32 Å². The molecule has 0 aliphatic carbocycles. The average Bonchev–Trinajstić information content (AvgIpc) is 2.88. The summed E-state index contributed by atoms with van der Waals surface area (Å²) in [7, 11) is 0. The maximum atomic E-state index is 10.8. The molecule has 0 spiro atoms. The molecule has 1 aromatic carbocycles. The van der Waals surface area contributed by atoms with Crippen molar-refractivity contribution in [1.29, 1.82) is 0 Å². The maximum absolute atomic E-state index is 10.8. The van der Waals surface area contributed by atoms with Gasteiger partial charge in [-0.25, -0.2) is 4.68 Å². The summed E-state index contributed by atoms with van der Waals surface area (Å²) in [5.41, 5.74) is 2.68. The number of nitro benzene ring substituents is 1. The smallest absolute Gasteiger partial charge is 0.271 e. The van der Waals surface area contributed by atoms with E-state index in [1.807, 2.05) is 19.2 Å². The predicted octanol–water partition coefficient (Wildman–Crippen LogP) is 2.59. The van der Waals surface area contributed by atoms with E-state index in [1.54, 1.807) is 16.8 Å². The average molecular weight is 274 g/mol. The Balaban J connectivity index is 2.23. The van der Waals surface area contributed by atoms with Crippen LogP contribution in [0.2, 0.25) is 0 Å². The Morgan fingerprint density at radius 2 is 2.20 bits per heavy atom. The van der Waals surface area contributed by atoms with Crippen molar-refractivity contribution in [2.45, 2.75) is 26.8 Å². The molecule has 20 heavy (non-hydrogen) atoms. The van der Waals surface area contributed by atoms with Gasteiger partial charge in [-0.1, -0.05) is 13.0 Å². The second kappa shape index (κ2) is 6.29. The molecule has 2 rings (SSSR count). The number of benzene rings is 1. The highest BCUT2D eigenvalue weighted by molar-refractivity contribution is 5.48. The van der Waals surface area contributed by atoms with Crippen LogP contribution in [0.25, 0.3) is 5.69 Å². The van der Waals surface area contributed by atoms with E-state index < -0.39 is 4.92 Å². The largest absolute Gasteiger partial charge is 0.311 e. The van der Waals surface area contributed by atoms with E-state index in [2.05, 4.69) is 17.3 Å². The summed E-state index contributed by atoms with van der Waals surface area (Å²) in [5, 5.41) is 18.6. The molecule has 0 saturated carbocycles. The molecule has 0 amide bonds. The van der Waals surface area contributed by atoms with Gasteiger partial charge >= 0.3 is 0 Å². The molecule has 1 heterocycles. The summed E-state index contributed by atoms with van der Waals surface area (Å²) in [5.74, 6) is 0. The Labute approximate surface area is 117 Å².